The number of benzene rings is 1. The summed E-state index contributed by atoms with van der Waals surface area (Å²) in [4.78, 5) is 10.9. The Bertz CT molecular complexity index is 523. The first-order valence-electron chi connectivity index (χ1n) is 5.35. The van der Waals surface area contributed by atoms with Crippen LogP contribution in [0.5, 0.6) is 0 Å². The number of carbonyl (C=O) groups excluding carboxylic acids is 1. The van der Waals surface area contributed by atoms with Gasteiger partial charge in [-0.2, -0.15) is 0 Å². The highest BCUT2D eigenvalue weighted by Crippen LogP contribution is 2.28. The topological polar surface area (TPSA) is 30.2 Å². The molecule has 2 aromatic rings. The van der Waals surface area contributed by atoms with Crippen LogP contribution in [0.15, 0.2) is 40.8 Å². The number of furan rings is 1. The third-order valence-corrected chi connectivity index (χ3v) is 2.66. The van der Waals surface area contributed by atoms with Crippen LogP contribution < -0.4 is 0 Å². The molecule has 0 saturated heterocycles. The summed E-state index contributed by atoms with van der Waals surface area (Å²) < 4.78 is 18.4. The SMILES string of the molecule is CC(C)(C=O)c1ccc(-c2ccc(F)cc2)o1. The van der Waals surface area contributed by atoms with Crippen molar-refractivity contribution >= 4 is 6.29 Å². The Morgan fingerprint density at radius 3 is 2.35 bits per heavy atom. The highest BCUT2D eigenvalue weighted by atomic mass is 19.1. The molecule has 0 aliphatic rings. The van der Waals surface area contributed by atoms with Crippen LogP contribution in [0.1, 0.15) is 19.6 Å². The van der Waals surface area contributed by atoms with Crippen LogP contribution in [0.3, 0.4) is 0 Å². The van der Waals surface area contributed by atoms with E-state index >= 15 is 0 Å². The van der Waals surface area contributed by atoms with Crippen LogP contribution in [0.2, 0.25) is 0 Å². The van der Waals surface area contributed by atoms with Crippen LogP contribution in [0, 0.1) is 5.82 Å². The Labute approximate surface area is 99.1 Å². The minimum Gasteiger partial charge on any atom is -0.460 e. The van der Waals surface area contributed by atoms with Crippen molar-refractivity contribution < 1.29 is 13.6 Å². The summed E-state index contributed by atoms with van der Waals surface area (Å²) in [6.07, 6.45) is 0.847. The third-order valence-electron chi connectivity index (χ3n) is 2.66. The number of halogens is 1. The standard InChI is InChI=1S/C14H13FO2/c1-14(2,9-16)13-8-7-12(17-13)10-3-5-11(15)6-4-10/h3-9H,1-2H3. The molecular formula is C14H13FO2. The van der Waals surface area contributed by atoms with Gasteiger partial charge in [0.1, 0.15) is 23.6 Å². The Balaban J connectivity index is 2.36. The summed E-state index contributed by atoms with van der Waals surface area (Å²) in [7, 11) is 0. The average Bonchev–Trinajstić information content (AvgIpc) is 2.80. The van der Waals surface area contributed by atoms with Gasteiger partial charge in [-0.15, -0.1) is 0 Å². The molecule has 0 atom stereocenters. The van der Waals surface area contributed by atoms with Gasteiger partial charge in [-0.05, 0) is 50.2 Å². The monoisotopic (exact) mass is 232 g/mol. The number of carbonyl (C=O) groups is 1. The smallest absolute Gasteiger partial charge is 0.134 e. The van der Waals surface area contributed by atoms with E-state index in [2.05, 4.69) is 0 Å². The number of hydrogen-bond donors (Lipinski definition) is 0. The van der Waals surface area contributed by atoms with E-state index in [0.717, 1.165) is 11.8 Å². The normalized spacial score (nSPS) is 11.5. The van der Waals surface area contributed by atoms with Gasteiger partial charge in [-0.25, -0.2) is 4.39 Å². The second kappa shape index (κ2) is 4.17. The summed E-state index contributed by atoms with van der Waals surface area (Å²) in [5, 5.41) is 0. The fourth-order valence-electron chi connectivity index (χ4n) is 1.51. The van der Waals surface area contributed by atoms with Crippen molar-refractivity contribution in [1.29, 1.82) is 0 Å². The van der Waals surface area contributed by atoms with Gasteiger partial charge in [-0.1, -0.05) is 0 Å². The van der Waals surface area contributed by atoms with Gasteiger partial charge in [0, 0.05) is 5.56 Å². The maximum absolute atomic E-state index is 12.8. The average molecular weight is 232 g/mol. The molecule has 0 radical (unpaired) electrons. The number of rotatable bonds is 3. The number of aldehydes is 1. The highest BCUT2D eigenvalue weighted by Gasteiger charge is 2.23. The van der Waals surface area contributed by atoms with Crippen molar-refractivity contribution in [3.63, 3.8) is 0 Å². The van der Waals surface area contributed by atoms with Crippen molar-refractivity contribution in [2.75, 3.05) is 0 Å². The molecular weight excluding hydrogens is 219 g/mol. The van der Waals surface area contributed by atoms with Crippen LogP contribution in [-0.2, 0) is 10.2 Å². The lowest BCUT2D eigenvalue weighted by Gasteiger charge is -2.12. The molecule has 0 N–H and O–H groups in total. The molecule has 1 aromatic carbocycles. The lowest BCUT2D eigenvalue weighted by atomic mass is 9.93. The maximum atomic E-state index is 12.8. The molecule has 88 valence electrons. The minimum absolute atomic E-state index is 0.284. The Kier molecular flexibility index (Phi) is 2.84. The lowest BCUT2D eigenvalue weighted by molar-refractivity contribution is -0.112. The quantitative estimate of drug-likeness (QED) is 0.757. The second-order valence-electron chi connectivity index (χ2n) is 4.51. The molecule has 0 aliphatic heterocycles. The third kappa shape index (κ3) is 2.28. The fourth-order valence-corrected chi connectivity index (χ4v) is 1.51. The molecule has 0 unspecified atom stereocenters. The van der Waals surface area contributed by atoms with Crippen molar-refractivity contribution in [2.45, 2.75) is 19.3 Å². The van der Waals surface area contributed by atoms with Crippen LogP contribution in [-0.4, -0.2) is 6.29 Å². The van der Waals surface area contributed by atoms with E-state index in [4.69, 9.17) is 4.42 Å². The molecule has 2 nitrogen and oxygen atoms in total. The van der Waals surface area contributed by atoms with E-state index in [1.165, 1.54) is 12.1 Å². The molecule has 0 amide bonds. The van der Waals surface area contributed by atoms with Gasteiger partial charge in [0.2, 0.25) is 0 Å². The van der Waals surface area contributed by atoms with Crippen LogP contribution in [0.4, 0.5) is 4.39 Å². The van der Waals surface area contributed by atoms with Crippen LogP contribution >= 0.6 is 0 Å². The van der Waals surface area contributed by atoms with Crippen molar-refractivity contribution in [3.8, 4) is 11.3 Å². The van der Waals surface area contributed by atoms with E-state index in [1.807, 2.05) is 0 Å². The summed E-state index contributed by atoms with van der Waals surface area (Å²) in [5.74, 6) is 0.954. The first-order chi connectivity index (χ1) is 8.03. The van der Waals surface area contributed by atoms with E-state index in [0.29, 0.717) is 11.5 Å². The molecule has 0 aliphatic carbocycles. The molecule has 0 spiro atoms. The molecule has 1 aromatic heterocycles. The zero-order valence-corrected chi connectivity index (χ0v) is 9.74. The molecule has 1 heterocycles. The van der Waals surface area contributed by atoms with Gasteiger partial charge >= 0.3 is 0 Å². The molecule has 0 saturated carbocycles. The number of hydrogen-bond acceptors (Lipinski definition) is 2. The first kappa shape index (κ1) is 11.6. The Morgan fingerprint density at radius 1 is 1.12 bits per heavy atom. The fraction of sp³-hybridized carbons (Fsp3) is 0.214. The Hall–Kier alpha value is -1.90. The highest BCUT2D eigenvalue weighted by molar-refractivity contribution is 5.67. The van der Waals surface area contributed by atoms with E-state index < -0.39 is 5.41 Å². The zero-order valence-electron chi connectivity index (χ0n) is 9.74. The van der Waals surface area contributed by atoms with E-state index in [-0.39, 0.29) is 5.82 Å². The van der Waals surface area contributed by atoms with Gasteiger partial charge in [0.05, 0.1) is 5.41 Å². The molecule has 3 heteroatoms. The predicted molar refractivity (Wildman–Crippen MR) is 63.2 cm³/mol. The van der Waals surface area contributed by atoms with Gasteiger partial charge in [0.25, 0.3) is 0 Å². The van der Waals surface area contributed by atoms with Crippen molar-refractivity contribution in [1.82, 2.24) is 0 Å². The van der Waals surface area contributed by atoms with E-state index in [1.54, 1.807) is 38.1 Å². The molecule has 0 fully saturated rings. The summed E-state index contributed by atoms with van der Waals surface area (Å²) in [6.45, 7) is 3.57. The lowest BCUT2D eigenvalue weighted by Crippen LogP contribution is -2.17. The second-order valence-corrected chi connectivity index (χ2v) is 4.51. The summed E-state index contributed by atoms with van der Waals surface area (Å²) in [6, 6.07) is 9.60. The van der Waals surface area contributed by atoms with Crippen molar-refractivity contribution in [2.24, 2.45) is 0 Å². The first-order valence-corrected chi connectivity index (χ1v) is 5.35. The maximum Gasteiger partial charge on any atom is 0.134 e. The van der Waals surface area contributed by atoms with Crippen LogP contribution in [0.25, 0.3) is 11.3 Å². The van der Waals surface area contributed by atoms with Gasteiger partial charge < -0.3 is 9.21 Å². The Morgan fingerprint density at radius 2 is 1.76 bits per heavy atom. The molecule has 17 heavy (non-hydrogen) atoms. The molecule has 0 bridgehead atoms. The van der Waals surface area contributed by atoms with Crippen molar-refractivity contribution in [3.05, 3.63) is 48.0 Å². The summed E-state index contributed by atoms with van der Waals surface area (Å²) >= 11 is 0. The minimum atomic E-state index is -0.641. The zero-order chi connectivity index (χ0) is 12.5. The van der Waals surface area contributed by atoms with E-state index in [9.17, 15) is 9.18 Å². The largest absolute Gasteiger partial charge is 0.460 e. The predicted octanol–water partition coefficient (Wildman–Crippen LogP) is 3.56. The molecule has 2 rings (SSSR count). The van der Waals surface area contributed by atoms with Gasteiger partial charge in [-0.3, -0.25) is 0 Å². The van der Waals surface area contributed by atoms with Gasteiger partial charge in [0.15, 0.2) is 0 Å². The summed E-state index contributed by atoms with van der Waals surface area (Å²) in [5.41, 5.74) is 0.150.